The molecule has 0 spiro atoms. The number of ether oxygens (including phenoxy) is 1. The molecule has 0 unspecified atom stereocenters. The van der Waals surface area contributed by atoms with Gasteiger partial charge in [-0.3, -0.25) is 4.79 Å². The summed E-state index contributed by atoms with van der Waals surface area (Å²) in [5.41, 5.74) is 7.51. The van der Waals surface area contributed by atoms with Crippen molar-refractivity contribution in [2.75, 3.05) is 18.2 Å². The normalized spacial score (nSPS) is 10.6. The minimum absolute atomic E-state index is 0.141. The number of nitrogens with one attached hydrogen (secondary N) is 1. The minimum atomic E-state index is -0.244. The molecule has 7 heteroatoms. The average molecular weight is 292 g/mol. The lowest BCUT2D eigenvalue weighted by molar-refractivity contribution is 0.102. The number of hydrogen-bond acceptors (Lipinski definition) is 6. The number of aromatic nitrogens is 2. The second-order valence-electron chi connectivity index (χ2n) is 4.56. The van der Waals surface area contributed by atoms with Crippen molar-refractivity contribution in [2.45, 2.75) is 19.8 Å². The van der Waals surface area contributed by atoms with E-state index in [1.807, 2.05) is 13.8 Å². The van der Waals surface area contributed by atoms with E-state index in [4.69, 9.17) is 10.5 Å². The Bertz CT molecular complexity index is 625. The zero-order chi connectivity index (χ0) is 14.7. The standard InChI is InChI=1S/C13H16N4O2S/c1-7(2)11-12(20-17-16-11)13(18)15-9-5-4-8(14)6-10(9)19-3/h4-7H,14H2,1-3H3,(H,15,18). The first-order chi connectivity index (χ1) is 9.52. The topological polar surface area (TPSA) is 90.1 Å². The first-order valence-electron chi connectivity index (χ1n) is 6.10. The largest absolute Gasteiger partial charge is 0.494 e. The molecule has 1 heterocycles. The lowest BCUT2D eigenvalue weighted by Crippen LogP contribution is -2.13. The SMILES string of the molecule is COc1cc(N)ccc1NC(=O)c1snnc1C(C)C. The summed E-state index contributed by atoms with van der Waals surface area (Å²) in [6.45, 7) is 3.94. The van der Waals surface area contributed by atoms with E-state index in [0.29, 0.717) is 27.7 Å². The molecule has 0 radical (unpaired) electrons. The third-order valence-electron chi connectivity index (χ3n) is 2.74. The van der Waals surface area contributed by atoms with E-state index in [9.17, 15) is 4.79 Å². The van der Waals surface area contributed by atoms with E-state index in [2.05, 4.69) is 14.9 Å². The van der Waals surface area contributed by atoms with E-state index < -0.39 is 0 Å². The fraction of sp³-hybridized carbons (Fsp3) is 0.308. The fourth-order valence-corrected chi connectivity index (χ4v) is 2.44. The number of hydrogen-bond donors (Lipinski definition) is 2. The number of amides is 1. The Morgan fingerprint density at radius 3 is 2.85 bits per heavy atom. The van der Waals surface area contributed by atoms with Crippen molar-refractivity contribution in [3.63, 3.8) is 0 Å². The average Bonchev–Trinajstić information content (AvgIpc) is 2.90. The van der Waals surface area contributed by atoms with Crippen molar-refractivity contribution >= 4 is 28.8 Å². The second-order valence-corrected chi connectivity index (χ2v) is 5.31. The summed E-state index contributed by atoms with van der Waals surface area (Å²) in [6, 6.07) is 5.06. The summed E-state index contributed by atoms with van der Waals surface area (Å²) in [6.07, 6.45) is 0. The van der Waals surface area contributed by atoms with Crippen molar-refractivity contribution in [3.05, 3.63) is 28.8 Å². The van der Waals surface area contributed by atoms with Crippen LogP contribution in [0.1, 0.15) is 35.1 Å². The van der Waals surface area contributed by atoms with Crippen molar-refractivity contribution < 1.29 is 9.53 Å². The lowest BCUT2D eigenvalue weighted by Gasteiger charge is -2.10. The van der Waals surface area contributed by atoms with Crippen molar-refractivity contribution in [1.29, 1.82) is 0 Å². The molecule has 0 aliphatic carbocycles. The maximum absolute atomic E-state index is 12.3. The molecule has 6 nitrogen and oxygen atoms in total. The van der Waals surface area contributed by atoms with Gasteiger partial charge < -0.3 is 15.8 Å². The number of benzene rings is 1. The summed E-state index contributed by atoms with van der Waals surface area (Å²) in [5, 5.41) is 6.79. The molecule has 0 saturated heterocycles. The van der Waals surface area contributed by atoms with Gasteiger partial charge in [0.25, 0.3) is 5.91 Å². The van der Waals surface area contributed by atoms with Crippen LogP contribution in [0.3, 0.4) is 0 Å². The first-order valence-corrected chi connectivity index (χ1v) is 6.87. The fourth-order valence-electron chi connectivity index (χ4n) is 1.72. The summed E-state index contributed by atoms with van der Waals surface area (Å²) in [7, 11) is 1.53. The number of nitrogens with two attached hydrogens (primary N) is 1. The van der Waals surface area contributed by atoms with Gasteiger partial charge in [0.05, 0.1) is 18.5 Å². The zero-order valence-electron chi connectivity index (χ0n) is 11.5. The van der Waals surface area contributed by atoms with Crippen molar-refractivity contribution in [1.82, 2.24) is 9.59 Å². The van der Waals surface area contributed by atoms with Crippen LogP contribution in [-0.2, 0) is 0 Å². The highest BCUT2D eigenvalue weighted by Gasteiger charge is 2.19. The molecule has 0 saturated carbocycles. The maximum atomic E-state index is 12.3. The predicted molar refractivity (Wildman–Crippen MR) is 79.4 cm³/mol. The molecular formula is C13H16N4O2S. The predicted octanol–water partition coefficient (Wildman–Crippen LogP) is 2.50. The Morgan fingerprint density at radius 2 is 2.20 bits per heavy atom. The Hall–Kier alpha value is -2.15. The number of anilines is 2. The Kier molecular flexibility index (Phi) is 4.19. The van der Waals surface area contributed by atoms with Crippen LogP contribution in [0.15, 0.2) is 18.2 Å². The van der Waals surface area contributed by atoms with Crippen molar-refractivity contribution in [2.24, 2.45) is 0 Å². The summed E-state index contributed by atoms with van der Waals surface area (Å²) >= 11 is 1.08. The van der Waals surface area contributed by atoms with Gasteiger partial charge in [-0.2, -0.15) is 0 Å². The monoisotopic (exact) mass is 292 g/mol. The highest BCUT2D eigenvalue weighted by Crippen LogP contribution is 2.28. The third kappa shape index (κ3) is 2.88. The molecule has 3 N–H and O–H groups in total. The van der Waals surface area contributed by atoms with Crippen LogP contribution in [0, 0.1) is 0 Å². The quantitative estimate of drug-likeness (QED) is 0.845. The van der Waals surface area contributed by atoms with Crippen LogP contribution >= 0.6 is 11.5 Å². The first kappa shape index (κ1) is 14.3. The Balaban J connectivity index is 2.26. The Labute approximate surface area is 121 Å². The molecule has 1 amide bonds. The van der Waals surface area contributed by atoms with E-state index >= 15 is 0 Å². The van der Waals surface area contributed by atoms with Gasteiger partial charge in [-0.1, -0.05) is 18.3 Å². The zero-order valence-corrected chi connectivity index (χ0v) is 12.3. The van der Waals surface area contributed by atoms with Crippen LogP contribution in [0.5, 0.6) is 5.75 Å². The summed E-state index contributed by atoms with van der Waals surface area (Å²) < 4.78 is 9.04. The molecule has 0 bridgehead atoms. The second kappa shape index (κ2) is 5.87. The van der Waals surface area contributed by atoms with E-state index in [1.54, 1.807) is 18.2 Å². The van der Waals surface area contributed by atoms with Gasteiger partial charge in [0.1, 0.15) is 10.6 Å². The molecule has 0 atom stereocenters. The highest BCUT2D eigenvalue weighted by atomic mass is 32.1. The van der Waals surface area contributed by atoms with E-state index in [1.165, 1.54) is 7.11 Å². The van der Waals surface area contributed by atoms with Crippen LogP contribution in [0.4, 0.5) is 11.4 Å². The van der Waals surface area contributed by atoms with Gasteiger partial charge in [0.15, 0.2) is 0 Å². The highest BCUT2D eigenvalue weighted by molar-refractivity contribution is 7.08. The van der Waals surface area contributed by atoms with Crippen molar-refractivity contribution in [3.8, 4) is 5.75 Å². The van der Waals surface area contributed by atoms with Crippen LogP contribution in [0.2, 0.25) is 0 Å². The number of nitrogens with zero attached hydrogens (tertiary/aromatic N) is 2. The van der Waals surface area contributed by atoms with Gasteiger partial charge >= 0.3 is 0 Å². The number of carbonyl (C=O) groups is 1. The molecule has 2 rings (SSSR count). The van der Waals surface area contributed by atoms with Crippen LogP contribution < -0.4 is 15.8 Å². The molecule has 1 aromatic heterocycles. The third-order valence-corrected chi connectivity index (χ3v) is 3.48. The summed E-state index contributed by atoms with van der Waals surface area (Å²) in [4.78, 5) is 12.8. The van der Waals surface area contributed by atoms with Crippen LogP contribution in [-0.4, -0.2) is 22.6 Å². The molecule has 0 fully saturated rings. The molecular weight excluding hydrogens is 276 g/mol. The lowest BCUT2D eigenvalue weighted by atomic mass is 10.1. The van der Waals surface area contributed by atoms with E-state index in [0.717, 1.165) is 11.5 Å². The Morgan fingerprint density at radius 1 is 1.45 bits per heavy atom. The molecule has 20 heavy (non-hydrogen) atoms. The van der Waals surface area contributed by atoms with Crippen LogP contribution in [0.25, 0.3) is 0 Å². The van der Waals surface area contributed by atoms with Gasteiger partial charge in [-0.15, -0.1) is 5.10 Å². The maximum Gasteiger partial charge on any atom is 0.269 e. The van der Waals surface area contributed by atoms with Gasteiger partial charge in [0.2, 0.25) is 0 Å². The van der Waals surface area contributed by atoms with E-state index in [-0.39, 0.29) is 11.8 Å². The van der Waals surface area contributed by atoms with Gasteiger partial charge in [-0.05, 0) is 29.6 Å². The smallest absolute Gasteiger partial charge is 0.269 e. The molecule has 0 aliphatic heterocycles. The number of nitrogen functional groups attached to an aromatic ring is 1. The van der Waals surface area contributed by atoms with Gasteiger partial charge in [0, 0.05) is 11.8 Å². The van der Waals surface area contributed by atoms with Gasteiger partial charge in [-0.25, -0.2) is 0 Å². The molecule has 0 aliphatic rings. The summed E-state index contributed by atoms with van der Waals surface area (Å²) in [5.74, 6) is 0.413. The number of rotatable bonds is 4. The molecule has 106 valence electrons. The number of carbonyl (C=O) groups excluding carboxylic acids is 1. The number of methoxy groups -OCH3 is 1. The molecule has 1 aromatic carbocycles. The molecule has 2 aromatic rings. The minimum Gasteiger partial charge on any atom is -0.494 e.